The van der Waals surface area contributed by atoms with Gasteiger partial charge in [-0.15, -0.1) is 0 Å². The summed E-state index contributed by atoms with van der Waals surface area (Å²) >= 11 is 8.70. The van der Waals surface area contributed by atoms with Gasteiger partial charge in [0, 0.05) is 11.8 Å². The van der Waals surface area contributed by atoms with E-state index in [2.05, 4.69) is 26.6 Å². The number of hydrogen-bond acceptors (Lipinski definition) is 2. The molecule has 0 radical (unpaired) electrons. The van der Waals surface area contributed by atoms with Crippen molar-refractivity contribution in [1.29, 1.82) is 0 Å². The first-order valence-electron chi connectivity index (χ1n) is 4.83. The molecule has 2 N–H and O–H groups in total. The molecule has 2 rings (SSSR count). The van der Waals surface area contributed by atoms with Crippen molar-refractivity contribution in [2.75, 3.05) is 10.6 Å². The molecule has 0 bridgehead atoms. The number of urea groups is 1. The minimum Gasteiger partial charge on any atom is -0.434 e. The molecule has 2 aromatic rings. The number of rotatable bonds is 2. The maximum Gasteiger partial charge on any atom is 0.326 e. The number of benzene rings is 1. The van der Waals surface area contributed by atoms with Crippen molar-refractivity contribution in [3.8, 4) is 0 Å². The van der Waals surface area contributed by atoms with Crippen molar-refractivity contribution in [3.05, 3.63) is 45.8 Å². The Morgan fingerprint density at radius 3 is 2.67 bits per heavy atom. The lowest BCUT2D eigenvalue weighted by Gasteiger charge is -2.06. The van der Waals surface area contributed by atoms with Crippen LogP contribution in [0.4, 0.5) is 20.8 Å². The fraction of sp³-hybridized carbons (Fsp3) is 0. The van der Waals surface area contributed by atoms with Crippen LogP contribution in [0.25, 0.3) is 0 Å². The highest BCUT2D eigenvalue weighted by molar-refractivity contribution is 9.10. The highest BCUT2D eigenvalue weighted by Crippen LogP contribution is 2.21. The van der Waals surface area contributed by atoms with E-state index in [1.165, 1.54) is 18.2 Å². The van der Waals surface area contributed by atoms with Crippen LogP contribution < -0.4 is 10.6 Å². The number of nitrogens with one attached hydrogen (secondary N) is 2. The molecule has 18 heavy (non-hydrogen) atoms. The fourth-order valence-corrected chi connectivity index (χ4v) is 1.72. The summed E-state index contributed by atoms with van der Waals surface area (Å²) in [5, 5.41) is 4.89. The zero-order valence-corrected chi connectivity index (χ0v) is 11.2. The quantitative estimate of drug-likeness (QED) is 0.851. The number of halogens is 3. The molecule has 0 aliphatic carbocycles. The van der Waals surface area contributed by atoms with Crippen LogP contribution >= 0.6 is 27.5 Å². The molecular weight excluding hydrogens is 326 g/mol. The molecule has 1 aromatic heterocycles. The van der Waals surface area contributed by atoms with Gasteiger partial charge in [0.05, 0.1) is 5.02 Å². The molecule has 0 spiro atoms. The third kappa shape index (κ3) is 3.24. The van der Waals surface area contributed by atoms with Crippen LogP contribution in [0, 0.1) is 5.82 Å². The van der Waals surface area contributed by atoms with E-state index in [0.717, 1.165) is 0 Å². The molecule has 7 heteroatoms. The number of carbonyl (C=O) groups is 1. The van der Waals surface area contributed by atoms with Crippen LogP contribution in [0.5, 0.6) is 0 Å². The van der Waals surface area contributed by atoms with Crippen molar-refractivity contribution < 1.29 is 13.6 Å². The Morgan fingerprint density at radius 1 is 1.28 bits per heavy atom. The van der Waals surface area contributed by atoms with Crippen molar-refractivity contribution in [2.24, 2.45) is 0 Å². The van der Waals surface area contributed by atoms with E-state index in [9.17, 15) is 9.18 Å². The molecule has 0 saturated heterocycles. The lowest BCUT2D eigenvalue weighted by atomic mass is 10.3. The molecule has 4 nitrogen and oxygen atoms in total. The largest absolute Gasteiger partial charge is 0.434 e. The topological polar surface area (TPSA) is 54.3 Å². The predicted octanol–water partition coefficient (Wildman–Crippen LogP) is 4.48. The van der Waals surface area contributed by atoms with E-state index in [1.807, 2.05) is 0 Å². The zero-order valence-electron chi connectivity index (χ0n) is 8.84. The second kappa shape index (κ2) is 5.41. The number of anilines is 2. The molecule has 0 aliphatic heterocycles. The summed E-state index contributed by atoms with van der Waals surface area (Å²) in [6.45, 7) is 0. The second-order valence-electron chi connectivity index (χ2n) is 3.31. The number of furan rings is 1. The third-order valence-electron chi connectivity index (χ3n) is 1.99. The molecule has 1 aromatic carbocycles. The average molecular weight is 334 g/mol. The van der Waals surface area contributed by atoms with Gasteiger partial charge in [-0.2, -0.15) is 0 Å². The highest BCUT2D eigenvalue weighted by atomic mass is 79.9. The first kappa shape index (κ1) is 12.9. The van der Waals surface area contributed by atoms with Crippen LogP contribution in [0.1, 0.15) is 0 Å². The Kier molecular flexibility index (Phi) is 3.88. The first-order chi connectivity index (χ1) is 8.54. The van der Waals surface area contributed by atoms with Crippen molar-refractivity contribution in [3.63, 3.8) is 0 Å². The van der Waals surface area contributed by atoms with Gasteiger partial charge < -0.3 is 9.73 Å². The predicted molar refractivity (Wildman–Crippen MR) is 70.5 cm³/mol. The minimum atomic E-state index is -0.544. The van der Waals surface area contributed by atoms with E-state index in [-0.39, 0.29) is 10.9 Å². The summed E-state index contributed by atoms with van der Waals surface area (Å²) in [5.74, 6) is -0.259. The Balaban J connectivity index is 2.00. The third-order valence-corrected chi connectivity index (χ3v) is 2.70. The summed E-state index contributed by atoms with van der Waals surface area (Å²) in [6, 6.07) is 6.60. The van der Waals surface area contributed by atoms with Crippen LogP contribution in [-0.2, 0) is 0 Å². The van der Waals surface area contributed by atoms with Crippen LogP contribution in [-0.4, -0.2) is 6.03 Å². The van der Waals surface area contributed by atoms with Crippen molar-refractivity contribution in [1.82, 2.24) is 0 Å². The monoisotopic (exact) mass is 332 g/mol. The maximum atomic E-state index is 12.9. The van der Waals surface area contributed by atoms with Gasteiger partial charge in [-0.3, -0.25) is 5.32 Å². The van der Waals surface area contributed by atoms with E-state index in [4.69, 9.17) is 16.0 Å². The molecular formula is C11H7BrClFN2O2. The van der Waals surface area contributed by atoms with Crippen LogP contribution in [0.2, 0.25) is 5.02 Å². The summed E-state index contributed by atoms with van der Waals surface area (Å²) in [6.07, 6.45) is 0. The Morgan fingerprint density at radius 2 is 2.06 bits per heavy atom. The van der Waals surface area contributed by atoms with Gasteiger partial charge in [0.25, 0.3) is 0 Å². The molecule has 94 valence electrons. The molecule has 0 fully saturated rings. The van der Waals surface area contributed by atoms with Gasteiger partial charge >= 0.3 is 6.03 Å². The van der Waals surface area contributed by atoms with Crippen LogP contribution in [0.15, 0.2) is 39.4 Å². The maximum absolute atomic E-state index is 12.9. The molecule has 0 saturated carbocycles. The first-order valence-corrected chi connectivity index (χ1v) is 6.00. The molecule has 1 heterocycles. The standard InChI is InChI=1S/C11H7BrClFN2O2/c12-9-3-4-10(18-9)16-11(17)15-6-1-2-8(14)7(13)5-6/h1-5H,(H2,15,16,17). The van der Waals surface area contributed by atoms with Gasteiger partial charge in [0.2, 0.25) is 5.88 Å². The molecule has 0 unspecified atom stereocenters. The van der Waals surface area contributed by atoms with Crippen molar-refractivity contribution in [2.45, 2.75) is 0 Å². The highest BCUT2D eigenvalue weighted by Gasteiger charge is 2.07. The van der Waals surface area contributed by atoms with E-state index in [0.29, 0.717) is 10.4 Å². The van der Waals surface area contributed by atoms with E-state index < -0.39 is 11.8 Å². The molecule has 2 amide bonds. The van der Waals surface area contributed by atoms with Gasteiger partial charge in [-0.25, -0.2) is 9.18 Å². The smallest absolute Gasteiger partial charge is 0.326 e. The van der Waals surface area contributed by atoms with Crippen molar-refractivity contribution >= 4 is 45.1 Å². The van der Waals surface area contributed by atoms with Gasteiger partial charge in [0.15, 0.2) is 4.67 Å². The summed E-state index contributed by atoms with van der Waals surface area (Å²) < 4.78 is 18.5. The molecule has 0 atom stereocenters. The van der Waals surface area contributed by atoms with E-state index >= 15 is 0 Å². The average Bonchev–Trinajstić information content (AvgIpc) is 2.69. The zero-order chi connectivity index (χ0) is 13.1. The fourth-order valence-electron chi connectivity index (χ4n) is 1.23. The summed E-state index contributed by atoms with van der Waals surface area (Å²) in [7, 11) is 0. The Bertz CT molecular complexity index is 588. The van der Waals surface area contributed by atoms with Crippen LogP contribution in [0.3, 0.4) is 0 Å². The summed E-state index contributed by atoms with van der Waals surface area (Å²) in [5.41, 5.74) is 0.379. The normalized spacial score (nSPS) is 10.2. The molecule has 0 aliphatic rings. The van der Waals surface area contributed by atoms with E-state index in [1.54, 1.807) is 12.1 Å². The second-order valence-corrected chi connectivity index (χ2v) is 4.50. The Hall–Kier alpha value is -1.53. The lowest BCUT2D eigenvalue weighted by molar-refractivity contribution is 0.261. The van der Waals surface area contributed by atoms with Gasteiger partial charge in [0.1, 0.15) is 5.82 Å². The van der Waals surface area contributed by atoms with Gasteiger partial charge in [-0.1, -0.05) is 11.6 Å². The summed E-state index contributed by atoms with van der Waals surface area (Å²) in [4.78, 5) is 11.6. The number of hydrogen-bond donors (Lipinski definition) is 2. The number of amides is 2. The number of carbonyl (C=O) groups excluding carboxylic acids is 1. The Labute approximate surface area is 115 Å². The lowest BCUT2D eigenvalue weighted by Crippen LogP contribution is -2.19. The van der Waals surface area contributed by atoms with Gasteiger partial charge in [-0.05, 0) is 40.2 Å². The minimum absolute atomic E-state index is 0.0615. The SMILES string of the molecule is O=C(Nc1ccc(F)c(Cl)c1)Nc1ccc(Br)o1.